The highest BCUT2D eigenvalue weighted by Crippen LogP contribution is 2.13. The third-order valence-corrected chi connectivity index (χ3v) is 2.55. The topological polar surface area (TPSA) is 51.2 Å². The molecule has 0 fully saturated rings. The Balaban J connectivity index is -0.000000376. The lowest BCUT2D eigenvalue weighted by Crippen LogP contribution is -2.08. The van der Waals surface area contributed by atoms with Gasteiger partial charge in [-0.25, -0.2) is 0 Å². The van der Waals surface area contributed by atoms with Crippen LogP contribution in [0.15, 0.2) is 0 Å². The Morgan fingerprint density at radius 1 is 0.875 bits per heavy atom. The minimum absolute atomic E-state index is 0.443. The van der Waals surface area contributed by atoms with Crippen molar-refractivity contribution in [3.8, 4) is 0 Å². The highest BCUT2D eigenvalue weighted by molar-refractivity contribution is 5.78. The summed E-state index contributed by atoms with van der Waals surface area (Å²) in [6, 6.07) is 0. The number of Topliss-reactive ketones (excluding diaryl/α,β-unsaturated/α-hetero) is 1. The molecule has 16 heavy (non-hydrogen) atoms. The van der Waals surface area contributed by atoms with Gasteiger partial charge in [0.1, 0.15) is 19.4 Å². The van der Waals surface area contributed by atoms with Gasteiger partial charge in [-0.1, -0.05) is 40.5 Å². The van der Waals surface area contributed by atoms with Crippen LogP contribution < -0.4 is 0 Å². The summed E-state index contributed by atoms with van der Waals surface area (Å²) < 4.78 is 0. The number of carbonyl (C=O) groups excluding carboxylic acids is 3. The fourth-order valence-corrected chi connectivity index (χ4v) is 1.15. The maximum atomic E-state index is 11.4. The Morgan fingerprint density at radius 2 is 1.12 bits per heavy atom. The Bertz CT molecular complexity index is 141. The SMILES string of the molecule is C=O.C=O.CCC(C)CC(=O)CC(C)CC. The zero-order chi connectivity index (χ0) is 13.6. The molecular weight excluding hydrogens is 204 g/mol. The highest BCUT2D eigenvalue weighted by Gasteiger charge is 2.10. The normalized spacial score (nSPS) is 12.2. The van der Waals surface area contributed by atoms with Crippen molar-refractivity contribution in [2.75, 3.05) is 0 Å². The highest BCUT2D eigenvalue weighted by atomic mass is 16.1. The maximum Gasteiger partial charge on any atom is 0.133 e. The van der Waals surface area contributed by atoms with Crippen molar-refractivity contribution in [3.05, 3.63) is 0 Å². The van der Waals surface area contributed by atoms with Crippen molar-refractivity contribution in [1.82, 2.24) is 0 Å². The molecule has 0 aliphatic carbocycles. The van der Waals surface area contributed by atoms with Gasteiger partial charge >= 0.3 is 0 Å². The molecule has 0 bridgehead atoms. The second kappa shape index (κ2) is 16.4. The largest absolute Gasteiger partial charge is 0.307 e. The second-order valence-corrected chi connectivity index (χ2v) is 3.97. The van der Waals surface area contributed by atoms with Gasteiger partial charge in [0.15, 0.2) is 0 Å². The van der Waals surface area contributed by atoms with Crippen molar-refractivity contribution in [3.63, 3.8) is 0 Å². The van der Waals surface area contributed by atoms with E-state index in [9.17, 15) is 4.79 Å². The summed E-state index contributed by atoms with van der Waals surface area (Å²) in [6.45, 7) is 12.6. The van der Waals surface area contributed by atoms with Gasteiger partial charge < -0.3 is 9.59 Å². The van der Waals surface area contributed by atoms with Gasteiger partial charge in [0, 0.05) is 12.8 Å². The predicted molar refractivity (Wildman–Crippen MR) is 67.4 cm³/mol. The summed E-state index contributed by atoms with van der Waals surface area (Å²) in [5, 5.41) is 0. The minimum atomic E-state index is 0.443. The van der Waals surface area contributed by atoms with Crippen LogP contribution in [0.3, 0.4) is 0 Å². The van der Waals surface area contributed by atoms with Crippen molar-refractivity contribution in [1.29, 1.82) is 0 Å². The molecule has 3 heteroatoms. The van der Waals surface area contributed by atoms with E-state index in [1.54, 1.807) is 0 Å². The summed E-state index contributed by atoms with van der Waals surface area (Å²) in [7, 11) is 0. The molecule has 0 aromatic rings. The average molecular weight is 230 g/mol. The molecule has 0 aromatic carbocycles. The first-order chi connectivity index (χ1) is 7.60. The second-order valence-electron chi connectivity index (χ2n) is 3.97. The third-order valence-electron chi connectivity index (χ3n) is 2.55. The first-order valence-corrected chi connectivity index (χ1v) is 5.69. The summed E-state index contributed by atoms with van der Waals surface area (Å²) in [6.07, 6.45) is 3.79. The van der Waals surface area contributed by atoms with Crippen molar-refractivity contribution in [2.45, 2.75) is 53.4 Å². The van der Waals surface area contributed by atoms with Crippen LogP contribution in [0, 0.1) is 11.8 Å². The first-order valence-electron chi connectivity index (χ1n) is 5.69. The molecule has 2 atom stereocenters. The number of ketones is 1. The fraction of sp³-hybridized carbons (Fsp3) is 0.769. The van der Waals surface area contributed by atoms with E-state index in [-0.39, 0.29) is 0 Å². The van der Waals surface area contributed by atoms with Gasteiger partial charge in [-0.15, -0.1) is 0 Å². The van der Waals surface area contributed by atoms with Gasteiger partial charge in [0.2, 0.25) is 0 Å². The van der Waals surface area contributed by atoms with Crippen LogP contribution in [0.25, 0.3) is 0 Å². The molecule has 0 aliphatic heterocycles. The number of carbonyl (C=O) groups is 3. The van der Waals surface area contributed by atoms with E-state index >= 15 is 0 Å². The van der Waals surface area contributed by atoms with Crippen molar-refractivity contribution < 1.29 is 14.4 Å². The number of rotatable bonds is 6. The average Bonchev–Trinajstić information content (AvgIpc) is 2.33. The van der Waals surface area contributed by atoms with E-state index < -0.39 is 0 Å². The van der Waals surface area contributed by atoms with E-state index in [0.717, 1.165) is 25.7 Å². The van der Waals surface area contributed by atoms with Gasteiger partial charge in [-0.05, 0) is 11.8 Å². The smallest absolute Gasteiger partial charge is 0.133 e. The lowest BCUT2D eigenvalue weighted by atomic mass is 9.95. The third kappa shape index (κ3) is 15.5. The molecule has 96 valence electrons. The first kappa shape index (κ1) is 20.4. The van der Waals surface area contributed by atoms with Gasteiger partial charge in [0.05, 0.1) is 0 Å². The zero-order valence-electron chi connectivity index (χ0n) is 11.1. The standard InChI is InChI=1S/C11H22O.2CH2O/c1-5-9(3)7-11(12)8-10(4)6-2;2*1-2/h9-10H,5-8H2,1-4H3;2*1H2. The minimum Gasteiger partial charge on any atom is -0.307 e. The molecule has 0 amide bonds. The van der Waals surface area contributed by atoms with E-state index in [2.05, 4.69) is 27.7 Å². The summed E-state index contributed by atoms with van der Waals surface area (Å²) >= 11 is 0. The Hall–Kier alpha value is -0.990. The van der Waals surface area contributed by atoms with E-state index in [1.165, 1.54) is 0 Å². The van der Waals surface area contributed by atoms with Crippen LogP contribution in [-0.2, 0) is 14.4 Å². The molecule has 0 saturated heterocycles. The van der Waals surface area contributed by atoms with E-state index in [1.807, 2.05) is 13.6 Å². The Kier molecular flexibility index (Phi) is 21.0. The Labute approximate surface area is 99.6 Å². The molecule has 3 nitrogen and oxygen atoms in total. The quantitative estimate of drug-likeness (QED) is 0.704. The van der Waals surface area contributed by atoms with Crippen LogP contribution >= 0.6 is 0 Å². The van der Waals surface area contributed by atoms with Crippen LogP contribution in [0.1, 0.15) is 53.4 Å². The lowest BCUT2D eigenvalue weighted by molar-refractivity contribution is -0.120. The lowest BCUT2D eigenvalue weighted by Gasteiger charge is -2.10. The van der Waals surface area contributed by atoms with Crippen LogP contribution in [0.4, 0.5) is 0 Å². The van der Waals surface area contributed by atoms with Gasteiger partial charge in [-0.3, -0.25) is 4.79 Å². The zero-order valence-corrected chi connectivity index (χ0v) is 11.1. The molecular formula is C13H26O3. The molecule has 0 saturated carbocycles. The van der Waals surface area contributed by atoms with Crippen molar-refractivity contribution >= 4 is 19.4 Å². The van der Waals surface area contributed by atoms with Crippen LogP contribution in [-0.4, -0.2) is 19.4 Å². The monoisotopic (exact) mass is 230 g/mol. The van der Waals surface area contributed by atoms with E-state index in [0.29, 0.717) is 17.6 Å². The summed E-state index contributed by atoms with van der Waals surface area (Å²) in [4.78, 5) is 27.4. The van der Waals surface area contributed by atoms with Gasteiger partial charge in [0.25, 0.3) is 0 Å². The van der Waals surface area contributed by atoms with Crippen molar-refractivity contribution in [2.24, 2.45) is 11.8 Å². The maximum absolute atomic E-state index is 11.4. The molecule has 0 radical (unpaired) electrons. The Morgan fingerprint density at radius 3 is 1.31 bits per heavy atom. The van der Waals surface area contributed by atoms with Gasteiger partial charge in [-0.2, -0.15) is 0 Å². The molecule has 0 N–H and O–H groups in total. The van der Waals surface area contributed by atoms with E-state index in [4.69, 9.17) is 9.59 Å². The van der Waals surface area contributed by atoms with Crippen LogP contribution in [0.5, 0.6) is 0 Å². The fourth-order valence-electron chi connectivity index (χ4n) is 1.15. The number of hydrogen-bond acceptors (Lipinski definition) is 3. The summed E-state index contributed by atoms with van der Waals surface area (Å²) in [5.41, 5.74) is 0. The molecule has 0 spiro atoms. The molecule has 0 aromatic heterocycles. The molecule has 2 unspecified atom stereocenters. The molecule has 0 heterocycles. The molecule has 0 aliphatic rings. The predicted octanol–water partition coefficient (Wildman–Crippen LogP) is 3.06. The summed E-state index contributed by atoms with van der Waals surface area (Å²) in [5.74, 6) is 1.59. The van der Waals surface area contributed by atoms with Crippen LogP contribution in [0.2, 0.25) is 0 Å². The number of hydrogen-bond donors (Lipinski definition) is 0. The molecule has 0 rings (SSSR count).